The highest BCUT2D eigenvalue weighted by Gasteiger charge is 2.14. The molecule has 0 bridgehead atoms. The number of carbonyl (C=O) groups is 1. The number of amides is 1. The Bertz CT molecular complexity index is 853. The number of sulfonamides is 1. The van der Waals surface area contributed by atoms with Crippen LogP contribution in [0.5, 0.6) is 0 Å². The molecule has 1 amide bonds. The predicted molar refractivity (Wildman–Crippen MR) is 89.2 cm³/mol. The molecule has 0 radical (unpaired) electrons. The van der Waals surface area contributed by atoms with Crippen molar-refractivity contribution in [1.82, 2.24) is 10.0 Å². The van der Waals surface area contributed by atoms with Gasteiger partial charge in [-0.1, -0.05) is 12.1 Å². The van der Waals surface area contributed by atoms with Crippen molar-refractivity contribution >= 4 is 15.9 Å². The summed E-state index contributed by atoms with van der Waals surface area (Å²) in [7, 11) is -3.79. The molecule has 2 aromatic carbocycles. The second-order valence-electron chi connectivity index (χ2n) is 5.46. The number of halogens is 2. The molecular weight excluding hydrogens is 350 g/mol. The summed E-state index contributed by atoms with van der Waals surface area (Å²) < 4.78 is 52.2. The van der Waals surface area contributed by atoms with E-state index in [1.54, 1.807) is 19.1 Å². The summed E-state index contributed by atoms with van der Waals surface area (Å²) in [5.41, 5.74) is 1.23. The zero-order chi connectivity index (χ0) is 18.4. The first-order valence-electron chi connectivity index (χ1n) is 7.55. The van der Waals surface area contributed by atoms with Crippen molar-refractivity contribution in [2.24, 2.45) is 0 Å². The van der Waals surface area contributed by atoms with Gasteiger partial charge in [0, 0.05) is 19.5 Å². The molecule has 25 heavy (non-hydrogen) atoms. The van der Waals surface area contributed by atoms with E-state index in [1.165, 1.54) is 6.07 Å². The van der Waals surface area contributed by atoms with Crippen LogP contribution in [0.2, 0.25) is 0 Å². The average molecular weight is 368 g/mol. The highest BCUT2D eigenvalue weighted by Crippen LogP contribution is 2.10. The average Bonchev–Trinajstić information content (AvgIpc) is 2.56. The molecule has 0 spiro atoms. The van der Waals surface area contributed by atoms with Crippen molar-refractivity contribution in [1.29, 1.82) is 0 Å². The van der Waals surface area contributed by atoms with Crippen LogP contribution in [0.1, 0.15) is 17.5 Å². The van der Waals surface area contributed by atoms with E-state index in [4.69, 9.17) is 0 Å². The van der Waals surface area contributed by atoms with E-state index in [9.17, 15) is 22.0 Å². The van der Waals surface area contributed by atoms with Gasteiger partial charge in [0.25, 0.3) is 0 Å². The third kappa shape index (κ3) is 5.61. The molecule has 0 heterocycles. The topological polar surface area (TPSA) is 75.3 Å². The Morgan fingerprint density at radius 3 is 2.40 bits per heavy atom. The molecule has 2 N–H and O–H groups in total. The quantitative estimate of drug-likeness (QED) is 0.787. The summed E-state index contributed by atoms with van der Waals surface area (Å²) in [6.07, 6.45) is -0.0550. The molecule has 2 aromatic rings. The summed E-state index contributed by atoms with van der Waals surface area (Å²) in [6.45, 7) is 1.77. The Morgan fingerprint density at radius 1 is 1.08 bits per heavy atom. The maximum absolute atomic E-state index is 13.2. The van der Waals surface area contributed by atoms with Gasteiger partial charge >= 0.3 is 0 Å². The Balaban J connectivity index is 1.79. The van der Waals surface area contributed by atoms with E-state index in [0.717, 1.165) is 29.8 Å². The van der Waals surface area contributed by atoms with Gasteiger partial charge in [0.2, 0.25) is 15.9 Å². The number of carbonyl (C=O) groups excluding carboxylic acids is 1. The summed E-state index contributed by atoms with van der Waals surface area (Å²) in [6, 6.07) is 8.92. The molecule has 0 fully saturated rings. The van der Waals surface area contributed by atoms with Gasteiger partial charge < -0.3 is 5.32 Å². The number of nitrogens with one attached hydrogen (secondary N) is 2. The minimum Gasteiger partial charge on any atom is -0.352 e. The van der Waals surface area contributed by atoms with E-state index in [1.807, 2.05) is 0 Å². The number of hydrogen-bond acceptors (Lipinski definition) is 3. The number of rotatable bonds is 7. The lowest BCUT2D eigenvalue weighted by Crippen LogP contribution is -2.30. The summed E-state index contributed by atoms with van der Waals surface area (Å²) in [5, 5.41) is 2.63. The van der Waals surface area contributed by atoms with Crippen LogP contribution < -0.4 is 10.0 Å². The van der Waals surface area contributed by atoms with Crippen LogP contribution in [0, 0.1) is 18.6 Å². The first kappa shape index (κ1) is 19.0. The van der Waals surface area contributed by atoms with Crippen molar-refractivity contribution in [3.8, 4) is 0 Å². The molecule has 0 aliphatic heterocycles. The van der Waals surface area contributed by atoms with Crippen LogP contribution in [-0.2, 0) is 21.4 Å². The monoisotopic (exact) mass is 368 g/mol. The van der Waals surface area contributed by atoms with E-state index >= 15 is 0 Å². The summed E-state index contributed by atoms with van der Waals surface area (Å²) in [5.74, 6) is -1.19. The summed E-state index contributed by atoms with van der Waals surface area (Å²) >= 11 is 0. The fourth-order valence-electron chi connectivity index (χ4n) is 2.10. The van der Waals surface area contributed by atoms with E-state index in [-0.39, 0.29) is 36.1 Å². The van der Waals surface area contributed by atoms with Crippen LogP contribution in [0.3, 0.4) is 0 Å². The molecule has 5 nitrogen and oxygen atoms in total. The second-order valence-corrected chi connectivity index (χ2v) is 7.23. The number of aryl methyl sites for hydroxylation is 1. The first-order chi connectivity index (χ1) is 11.8. The molecule has 0 atom stereocenters. The van der Waals surface area contributed by atoms with E-state index in [0.29, 0.717) is 5.56 Å². The van der Waals surface area contributed by atoms with Crippen LogP contribution in [0.25, 0.3) is 0 Å². The van der Waals surface area contributed by atoms with Crippen molar-refractivity contribution in [2.45, 2.75) is 24.8 Å². The summed E-state index contributed by atoms with van der Waals surface area (Å²) in [4.78, 5) is 11.7. The van der Waals surface area contributed by atoms with E-state index < -0.39 is 15.8 Å². The number of hydrogen-bond donors (Lipinski definition) is 2. The molecule has 0 aromatic heterocycles. The maximum Gasteiger partial charge on any atom is 0.240 e. The van der Waals surface area contributed by atoms with Gasteiger partial charge in [0.05, 0.1) is 4.90 Å². The van der Waals surface area contributed by atoms with Crippen LogP contribution in [0.15, 0.2) is 47.4 Å². The van der Waals surface area contributed by atoms with E-state index in [2.05, 4.69) is 10.0 Å². The molecular formula is C17H18F2N2O3S. The fourth-order valence-corrected chi connectivity index (χ4v) is 3.13. The van der Waals surface area contributed by atoms with Gasteiger partial charge in [-0.15, -0.1) is 0 Å². The van der Waals surface area contributed by atoms with Gasteiger partial charge in [-0.25, -0.2) is 21.9 Å². The lowest BCUT2D eigenvalue weighted by atomic mass is 10.1. The lowest BCUT2D eigenvalue weighted by Gasteiger charge is -2.08. The highest BCUT2D eigenvalue weighted by atomic mass is 32.2. The fraction of sp³-hybridized carbons (Fsp3) is 0.235. The molecule has 0 saturated carbocycles. The molecule has 0 aliphatic carbocycles. The molecule has 134 valence electrons. The van der Waals surface area contributed by atoms with Gasteiger partial charge in [-0.3, -0.25) is 4.79 Å². The molecule has 2 rings (SSSR count). The smallest absolute Gasteiger partial charge is 0.240 e. The Morgan fingerprint density at radius 2 is 1.76 bits per heavy atom. The SMILES string of the molecule is Cc1cc(CNC(=O)CCNS(=O)(=O)c2ccc(F)cc2)ccc1F. The molecule has 0 aliphatic rings. The second kappa shape index (κ2) is 8.17. The largest absolute Gasteiger partial charge is 0.352 e. The molecule has 8 heteroatoms. The standard InChI is InChI=1S/C17H18F2N2O3S/c1-12-10-13(2-7-16(12)19)11-20-17(22)8-9-21-25(23,24)15-5-3-14(18)4-6-15/h2-7,10,21H,8-9,11H2,1H3,(H,20,22). The molecule has 0 saturated heterocycles. The van der Waals surface area contributed by atoms with Gasteiger partial charge in [-0.2, -0.15) is 0 Å². The molecule has 0 unspecified atom stereocenters. The Kier molecular flexibility index (Phi) is 6.22. The van der Waals surface area contributed by atoms with Gasteiger partial charge in [0.15, 0.2) is 0 Å². The first-order valence-corrected chi connectivity index (χ1v) is 9.03. The zero-order valence-electron chi connectivity index (χ0n) is 13.6. The van der Waals surface area contributed by atoms with Crippen molar-refractivity contribution < 1.29 is 22.0 Å². The Hall–Kier alpha value is -2.32. The van der Waals surface area contributed by atoms with Gasteiger partial charge in [0.1, 0.15) is 11.6 Å². The number of benzene rings is 2. The van der Waals surface area contributed by atoms with Crippen LogP contribution >= 0.6 is 0 Å². The third-order valence-electron chi connectivity index (χ3n) is 3.48. The highest BCUT2D eigenvalue weighted by molar-refractivity contribution is 7.89. The van der Waals surface area contributed by atoms with Crippen molar-refractivity contribution in [2.75, 3.05) is 6.54 Å². The predicted octanol–water partition coefficient (Wildman–Crippen LogP) is 2.26. The zero-order valence-corrected chi connectivity index (χ0v) is 14.4. The van der Waals surface area contributed by atoms with Gasteiger partial charge in [-0.05, 0) is 48.4 Å². The third-order valence-corrected chi connectivity index (χ3v) is 4.96. The van der Waals surface area contributed by atoms with Crippen LogP contribution in [-0.4, -0.2) is 20.9 Å². The minimum absolute atomic E-state index is 0.0550. The Labute approximate surface area is 145 Å². The minimum atomic E-state index is -3.79. The normalized spacial score (nSPS) is 11.3. The van der Waals surface area contributed by atoms with Crippen molar-refractivity contribution in [3.05, 3.63) is 65.2 Å². The lowest BCUT2D eigenvalue weighted by molar-refractivity contribution is -0.121. The van der Waals surface area contributed by atoms with Crippen LogP contribution in [0.4, 0.5) is 8.78 Å². The maximum atomic E-state index is 13.2. The van der Waals surface area contributed by atoms with Crippen molar-refractivity contribution in [3.63, 3.8) is 0 Å².